The largest absolute Gasteiger partial charge is 0.490 e. The Morgan fingerprint density at radius 3 is 2.20 bits per heavy atom. The molecule has 0 N–H and O–H groups in total. The summed E-state index contributed by atoms with van der Waals surface area (Å²) >= 11 is 2.80. The van der Waals surface area contributed by atoms with E-state index in [-0.39, 0.29) is 5.97 Å². The van der Waals surface area contributed by atoms with Crippen LogP contribution < -0.4 is 9.47 Å². The summed E-state index contributed by atoms with van der Waals surface area (Å²) in [6.07, 6.45) is 1.91. The van der Waals surface area contributed by atoms with Crippen LogP contribution in [0.4, 0.5) is 0 Å². The molecule has 0 unspecified atom stereocenters. The highest BCUT2D eigenvalue weighted by atomic mass is 32.2. The highest BCUT2D eigenvalue weighted by Gasteiger charge is 2.14. The van der Waals surface area contributed by atoms with Crippen LogP contribution >= 0.6 is 23.3 Å². The van der Waals surface area contributed by atoms with Crippen molar-refractivity contribution in [3.8, 4) is 28.0 Å². The summed E-state index contributed by atoms with van der Waals surface area (Å²) in [7, 11) is 0. The van der Waals surface area contributed by atoms with E-state index in [1.54, 1.807) is 31.2 Å². The van der Waals surface area contributed by atoms with Gasteiger partial charge in [0.2, 0.25) is 0 Å². The number of nitriles is 1. The first kappa shape index (κ1) is 21.7. The molecule has 154 valence electrons. The number of carbonyl (C=O) groups is 1. The third-order valence-electron chi connectivity index (χ3n) is 4.07. The first-order chi connectivity index (χ1) is 14.7. The van der Waals surface area contributed by atoms with Gasteiger partial charge in [-0.2, -0.15) is 9.64 Å². The van der Waals surface area contributed by atoms with Crippen molar-refractivity contribution in [1.29, 1.82) is 5.26 Å². The minimum absolute atomic E-state index is 0.345. The van der Waals surface area contributed by atoms with E-state index in [1.807, 2.05) is 30.5 Å². The Morgan fingerprint density at radius 2 is 1.67 bits per heavy atom. The Morgan fingerprint density at radius 1 is 1.07 bits per heavy atom. The molecular formula is C22H20N2O4S2. The number of rotatable bonds is 9. The summed E-state index contributed by atoms with van der Waals surface area (Å²) in [5.74, 6) is 1.02. The van der Waals surface area contributed by atoms with Crippen molar-refractivity contribution < 1.29 is 19.0 Å². The molecule has 0 aliphatic heterocycles. The summed E-state index contributed by atoms with van der Waals surface area (Å²) in [5, 5.41) is 10.1. The number of carbonyl (C=O) groups excluding carboxylic acids is 1. The van der Waals surface area contributed by atoms with Crippen LogP contribution in [0.2, 0.25) is 0 Å². The zero-order valence-electron chi connectivity index (χ0n) is 16.6. The number of thioether (sulfide) groups is 1. The minimum atomic E-state index is -0.347. The lowest BCUT2D eigenvalue weighted by molar-refractivity contribution is 0.0526. The Labute approximate surface area is 183 Å². The summed E-state index contributed by atoms with van der Waals surface area (Å²) in [6.45, 7) is 2.86. The molecule has 0 spiro atoms. The highest BCUT2D eigenvalue weighted by Crippen LogP contribution is 2.34. The van der Waals surface area contributed by atoms with Crippen molar-refractivity contribution in [2.24, 2.45) is 0 Å². The van der Waals surface area contributed by atoms with Crippen LogP contribution in [0.5, 0.6) is 11.5 Å². The van der Waals surface area contributed by atoms with Gasteiger partial charge in [-0.15, -0.1) is 11.8 Å². The van der Waals surface area contributed by atoms with Crippen LogP contribution in [0.1, 0.15) is 22.8 Å². The second-order valence-electron chi connectivity index (χ2n) is 5.97. The molecule has 30 heavy (non-hydrogen) atoms. The van der Waals surface area contributed by atoms with Gasteiger partial charge >= 0.3 is 5.97 Å². The maximum Gasteiger partial charge on any atom is 0.338 e. The highest BCUT2D eigenvalue weighted by molar-refractivity contribution is 7.98. The van der Waals surface area contributed by atoms with Crippen molar-refractivity contribution in [2.75, 3.05) is 26.1 Å². The molecule has 1 aromatic heterocycles. The van der Waals surface area contributed by atoms with E-state index < -0.39 is 0 Å². The second-order valence-corrected chi connectivity index (χ2v) is 7.54. The van der Waals surface area contributed by atoms with Crippen LogP contribution in [0.25, 0.3) is 10.4 Å². The molecule has 0 atom stereocenters. The van der Waals surface area contributed by atoms with Gasteiger partial charge in [-0.05, 0) is 78.8 Å². The Hall–Kier alpha value is -3.02. The summed E-state index contributed by atoms with van der Waals surface area (Å²) in [4.78, 5) is 12.5. The first-order valence-electron chi connectivity index (χ1n) is 9.23. The molecule has 0 amide bonds. The van der Waals surface area contributed by atoms with Crippen LogP contribution in [-0.4, -0.2) is 36.4 Å². The van der Waals surface area contributed by atoms with Gasteiger partial charge in [0.25, 0.3) is 0 Å². The van der Waals surface area contributed by atoms with Crippen LogP contribution in [-0.2, 0) is 4.74 Å². The van der Waals surface area contributed by atoms with E-state index in [4.69, 9.17) is 14.2 Å². The number of nitrogens with zero attached hydrogens (tertiary/aromatic N) is 2. The minimum Gasteiger partial charge on any atom is -0.490 e. The zero-order chi connectivity index (χ0) is 21.3. The lowest BCUT2D eigenvalue weighted by Crippen LogP contribution is -2.09. The standard InChI is InChI=1S/C22H20N2O4S2/c1-3-26-22(25)16-6-10-18(11-7-16)28-13-12-27-17-8-4-15(5-9-17)20-19(14-23)21(29-2)24-30-20/h4-11H,3,12-13H2,1-2H3. The third kappa shape index (κ3) is 5.32. The Balaban J connectivity index is 1.50. The fourth-order valence-corrected chi connectivity index (χ4v) is 4.20. The number of benzene rings is 2. The number of ether oxygens (including phenoxy) is 3. The Kier molecular flexibility index (Phi) is 7.71. The molecule has 2 aromatic carbocycles. The van der Waals surface area contributed by atoms with Gasteiger partial charge in [-0.1, -0.05) is 0 Å². The molecule has 8 heteroatoms. The fourth-order valence-electron chi connectivity index (χ4n) is 2.63. The van der Waals surface area contributed by atoms with Crippen molar-refractivity contribution in [1.82, 2.24) is 4.37 Å². The van der Waals surface area contributed by atoms with Gasteiger partial charge in [-0.25, -0.2) is 4.79 Å². The monoisotopic (exact) mass is 440 g/mol. The van der Waals surface area contributed by atoms with E-state index >= 15 is 0 Å². The lowest BCUT2D eigenvalue weighted by Gasteiger charge is -2.09. The molecule has 0 saturated heterocycles. The number of esters is 1. The molecule has 3 aromatic rings. The van der Waals surface area contributed by atoms with E-state index in [0.717, 1.165) is 15.5 Å². The molecule has 1 heterocycles. The quantitative estimate of drug-likeness (QED) is 0.262. The number of aromatic nitrogens is 1. The second kappa shape index (κ2) is 10.7. The van der Waals surface area contributed by atoms with Gasteiger partial charge in [0.1, 0.15) is 41.4 Å². The van der Waals surface area contributed by atoms with Crippen molar-refractivity contribution in [2.45, 2.75) is 11.9 Å². The maximum atomic E-state index is 11.6. The zero-order valence-corrected chi connectivity index (χ0v) is 18.2. The molecule has 0 fully saturated rings. The molecule has 0 aliphatic carbocycles. The number of hydrogen-bond donors (Lipinski definition) is 0. The Bertz CT molecular complexity index is 1020. The third-order valence-corrected chi connectivity index (χ3v) is 5.76. The molecule has 6 nitrogen and oxygen atoms in total. The number of hydrogen-bond acceptors (Lipinski definition) is 8. The predicted octanol–water partition coefficient (Wildman–Crippen LogP) is 5.04. The average molecular weight is 441 g/mol. The average Bonchev–Trinajstić information content (AvgIpc) is 3.21. The van der Waals surface area contributed by atoms with Gasteiger partial charge < -0.3 is 14.2 Å². The molecule has 0 bridgehead atoms. The van der Waals surface area contributed by atoms with Gasteiger partial charge in [0.05, 0.1) is 17.0 Å². The smallest absolute Gasteiger partial charge is 0.338 e. The predicted molar refractivity (Wildman–Crippen MR) is 117 cm³/mol. The van der Waals surface area contributed by atoms with Crippen LogP contribution in [0.3, 0.4) is 0 Å². The van der Waals surface area contributed by atoms with Crippen molar-refractivity contribution in [3.63, 3.8) is 0 Å². The van der Waals surface area contributed by atoms with Gasteiger partial charge in [0, 0.05) is 0 Å². The van der Waals surface area contributed by atoms with Crippen LogP contribution in [0, 0.1) is 11.3 Å². The fraction of sp³-hybridized carbons (Fsp3) is 0.227. The lowest BCUT2D eigenvalue weighted by atomic mass is 10.1. The summed E-state index contributed by atoms with van der Waals surface area (Å²) in [5.41, 5.74) is 2.05. The topological polar surface area (TPSA) is 81.4 Å². The first-order valence-corrected chi connectivity index (χ1v) is 11.2. The molecular weight excluding hydrogens is 420 g/mol. The maximum absolute atomic E-state index is 11.6. The summed E-state index contributed by atoms with van der Waals surface area (Å²) in [6, 6.07) is 16.6. The van der Waals surface area contributed by atoms with E-state index in [1.165, 1.54) is 23.3 Å². The molecule has 0 radical (unpaired) electrons. The van der Waals surface area contributed by atoms with Crippen LogP contribution in [0.15, 0.2) is 53.6 Å². The van der Waals surface area contributed by atoms with Crippen molar-refractivity contribution in [3.05, 3.63) is 59.7 Å². The van der Waals surface area contributed by atoms with E-state index in [2.05, 4.69) is 10.4 Å². The van der Waals surface area contributed by atoms with E-state index in [9.17, 15) is 10.1 Å². The summed E-state index contributed by atoms with van der Waals surface area (Å²) < 4.78 is 20.6. The molecule has 0 saturated carbocycles. The van der Waals surface area contributed by atoms with Gasteiger partial charge in [-0.3, -0.25) is 0 Å². The van der Waals surface area contributed by atoms with Gasteiger partial charge in [0.15, 0.2) is 0 Å². The van der Waals surface area contributed by atoms with Crippen molar-refractivity contribution >= 4 is 29.3 Å². The molecule has 0 aliphatic rings. The SMILES string of the molecule is CCOC(=O)c1ccc(OCCOc2ccc(-c3snc(SC)c3C#N)cc2)cc1. The normalized spacial score (nSPS) is 10.3. The van der Waals surface area contributed by atoms with E-state index in [0.29, 0.717) is 42.4 Å². The molecule has 3 rings (SSSR count).